The number of nitrogens with two attached hydrogens (primary N) is 1. The van der Waals surface area contributed by atoms with E-state index in [0.717, 1.165) is 24.2 Å². The minimum Gasteiger partial charge on any atom is -0.321 e. The Labute approximate surface area is 273 Å². The Morgan fingerprint density at radius 1 is 0.717 bits per heavy atom. The zero-order chi connectivity index (χ0) is 32.4. The van der Waals surface area contributed by atoms with Crippen molar-refractivity contribution in [3.05, 3.63) is 138 Å². The number of hydrogen-bond donors (Lipinski definition) is 1. The van der Waals surface area contributed by atoms with Crippen molar-refractivity contribution in [1.82, 2.24) is 4.57 Å². The van der Waals surface area contributed by atoms with Gasteiger partial charge in [-0.1, -0.05) is 117 Å². The average molecular weight is 603 g/mol. The van der Waals surface area contributed by atoms with Gasteiger partial charge in [-0.3, -0.25) is 0 Å². The van der Waals surface area contributed by atoms with E-state index in [4.69, 9.17) is 12.3 Å². The summed E-state index contributed by atoms with van der Waals surface area (Å²) < 4.78 is 5.06. The molecule has 0 spiro atoms. The molecule has 230 valence electrons. The molecule has 1 aliphatic heterocycles. The summed E-state index contributed by atoms with van der Waals surface area (Å²) in [5.41, 5.74) is 21.9. The zero-order valence-electron chi connectivity index (χ0n) is 28.0. The van der Waals surface area contributed by atoms with Crippen LogP contribution < -0.4 is 10.3 Å². The van der Waals surface area contributed by atoms with Gasteiger partial charge in [-0.15, -0.1) is 0 Å². The van der Waals surface area contributed by atoms with Crippen LogP contribution in [-0.2, 0) is 5.54 Å². The lowest BCUT2D eigenvalue weighted by atomic mass is 9.66. The molecule has 2 unspecified atom stereocenters. The molecule has 5 aromatic carbocycles. The van der Waals surface area contributed by atoms with E-state index in [9.17, 15) is 0 Å². The van der Waals surface area contributed by atoms with Gasteiger partial charge in [-0.05, 0) is 97.7 Å². The normalized spacial score (nSPS) is 17.1. The lowest BCUT2D eigenvalue weighted by Gasteiger charge is -2.47. The number of para-hydroxylation sites is 2. The van der Waals surface area contributed by atoms with Crippen LogP contribution in [0.2, 0.25) is 0 Å². The van der Waals surface area contributed by atoms with Gasteiger partial charge < -0.3 is 5.73 Å². The molecule has 1 aromatic heterocycles. The van der Waals surface area contributed by atoms with Crippen molar-refractivity contribution in [2.45, 2.75) is 65.5 Å². The first-order chi connectivity index (χ1) is 22.1. The van der Waals surface area contributed by atoms with E-state index >= 15 is 0 Å². The molecule has 0 bridgehead atoms. The Bertz CT molecular complexity index is 2110. The second-order valence-electron chi connectivity index (χ2n) is 13.4. The molecular weight excluding hydrogens is 558 g/mol. The number of aryl methyl sites for hydroxylation is 3. The lowest BCUT2D eigenvalue weighted by Crippen LogP contribution is -2.73. The Balaban J connectivity index is 1.56. The predicted octanol–water partition coefficient (Wildman–Crippen LogP) is 10.1. The molecule has 7 rings (SSSR count). The molecule has 0 saturated heterocycles. The highest BCUT2D eigenvalue weighted by molar-refractivity contribution is 5.91. The fourth-order valence-corrected chi connectivity index (χ4v) is 8.23. The van der Waals surface area contributed by atoms with Crippen molar-refractivity contribution in [1.29, 1.82) is 0 Å². The molecule has 1 aliphatic rings. The van der Waals surface area contributed by atoms with Crippen molar-refractivity contribution in [3.63, 3.8) is 0 Å². The number of rotatable bonds is 6. The molecule has 3 heteroatoms. The van der Waals surface area contributed by atoms with Gasteiger partial charge in [0.2, 0.25) is 0 Å². The molecule has 6 aromatic rings. The van der Waals surface area contributed by atoms with Crippen molar-refractivity contribution >= 4 is 16.6 Å². The minimum atomic E-state index is -0.547. The summed E-state index contributed by atoms with van der Waals surface area (Å²) in [4.78, 5) is 0. The first kappa shape index (κ1) is 30.0. The quantitative estimate of drug-likeness (QED) is 0.189. The summed E-state index contributed by atoms with van der Waals surface area (Å²) in [6.45, 7) is 18.2. The van der Waals surface area contributed by atoms with Crippen LogP contribution in [0, 0.1) is 20.8 Å². The van der Waals surface area contributed by atoms with Gasteiger partial charge in [-0.2, -0.15) is 4.57 Å². The van der Waals surface area contributed by atoms with Crippen molar-refractivity contribution < 1.29 is 4.57 Å². The largest absolute Gasteiger partial charge is 0.321 e. The molecule has 0 aliphatic carbocycles. The zero-order valence-corrected chi connectivity index (χ0v) is 28.0. The number of benzene rings is 5. The van der Waals surface area contributed by atoms with E-state index in [2.05, 4.69) is 160 Å². The second kappa shape index (κ2) is 11.0. The number of imidazole rings is 1. The Hall–Kier alpha value is -4.73. The van der Waals surface area contributed by atoms with Crippen LogP contribution in [0.25, 0.3) is 55.9 Å². The Morgan fingerprint density at radius 2 is 1.28 bits per heavy atom. The van der Waals surface area contributed by atoms with Crippen LogP contribution in [0.1, 0.15) is 55.9 Å². The van der Waals surface area contributed by atoms with Crippen molar-refractivity contribution in [3.8, 4) is 39.3 Å². The molecular formula is C43H44N3+. The highest BCUT2D eigenvalue weighted by Gasteiger charge is 2.57. The van der Waals surface area contributed by atoms with Gasteiger partial charge in [0.25, 0.3) is 5.82 Å². The molecule has 2 N–H and O–H groups in total. The fourth-order valence-electron chi connectivity index (χ4n) is 8.23. The molecule has 3 nitrogen and oxygen atoms in total. The monoisotopic (exact) mass is 602 g/mol. The number of hydrogen-bond acceptors (Lipinski definition) is 1. The number of fused-ring (bicyclic) bond motifs is 5. The minimum absolute atomic E-state index is 0.527. The average Bonchev–Trinajstić information content (AvgIpc) is 3.40. The highest BCUT2D eigenvalue weighted by atomic mass is 15.2. The smallest absolute Gasteiger partial charge is 0.296 e. The van der Waals surface area contributed by atoms with Crippen LogP contribution in [0.3, 0.4) is 0 Å². The van der Waals surface area contributed by atoms with E-state index in [1.165, 1.54) is 66.8 Å². The van der Waals surface area contributed by atoms with Crippen molar-refractivity contribution in [2.24, 2.45) is 5.73 Å². The fraction of sp³-hybridized carbons (Fsp3) is 0.233. The van der Waals surface area contributed by atoms with E-state index in [-0.39, 0.29) is 0 Å². The van der Waals surface area contributed by atoms with E-state index in [0.29, 0.717) is 0 Å². The van der Waals surface area contributed by atoms with Gasteiger partial charge in [0.1, 0.15) is 5.69 Å². The maximum Gasteiger partial charge on any atom is 0.296 e. The van der Waals surface area contributed by atoms with E-state index in [1.54, 1.807) is 0 Å². The number of nitrogens with zero attached hydrogens (tertiary/aromatic N) is 2. The molecule has 46 heavy (non-hydrogen) atoms. The molecule has 0 radical (unpaired) electrons. The van der Waals surface area contributed by atoms with Gasteiger partial charge in [0, 0.05) is 5.57 Å². The molecule has 0 saturated carbocycles. The van der Waals surface area contributed by atoms with Crippen molar-refractivity contribution in [2.75, 3.05) is 0 Å². The third-order valence-corrected chi connectivity index (χ3v) is 10.6. The number of aromatic nitrogens is 2. The van der Waals surface area contributed by atoms with Gasteiger partial charge in [0.05, 0.1) is 11.1 Å². The topological polar surface area (TPSA) is 34.8 Å². The first-order valence-electron chi connectivity index (χ1n) is 16.6. The summed E-state index contributed by atoms with van der Waals surface area (Å²) >= 11 is 0. The summed E-state index contributed by atoms with van der Waals surface area (Å²) in [7, 11) is 0. The third-order valence-electron chi connectivity index (χ3n) is 10.6. The summed E-state index contributed by atoms with van der Waals surface area (Å²) in [6, 6.07) is 39.8. The Morgan fingerprint density at radius 3 is 1.91 bits per heavy atom. The van der Waals surface area contributed by atoms with Crippen LogP contribution in [-0.4, -0.2) is 10.1 Å². The highest BCUT2D eigenvalue weighted by Crippen LogP contribution is 2.50. The van der Waals surface area contributed by atoms with E-state index < -0.39 is 11.1 Å². The Kier molecular flexibility index (Phi) is 7.14. The third kappa shape index (κ3) is 4.25. The van der Waals surface area contributed by atoms with Crippen LogP contribution in [0.15, 0.2) is 116 Å². The predicted molar refractivity (Wildman–Crippen MR) is 194 cm³/mol. The molecule has 2 heterocycles. The van der Waals surface area contributed by atoms with Gasteiger partial charge in [-0.25, -0.2) is 4.57 Å². The maximum atomic E-state index is 7.41. The second-order valence-corrected chi connectivity index (χ2v) is 13.4. The van der Waals surface area contributed by atoms with Gasteiger partial charge >= 0.3 is 0 Å². The van der Waals surface area contributed by atoms with Crippen LogP contribution >= 0.6 is 0 Å². The maximum absolute atomic E-state index is 7.41. The lowest BCUT2D eigenvalue weighted by molar-refractivity contribution is -0.726. The summed E-state index contributed by atoms with van der Waals surface area (Å²) in [5.74, 6) is 1.16. The first-order valence-corrected chi connectivity index (χ1v) is 16.6. The standard InChI is InChI=1S/C43H44N3/c1-8-42(7,44)43(9-2)31(6)36-24-23-35(34-21-19-33(20-22-34)32-15-11-10-12-16-32)27-37(36)41-45(38-17-13-14-18-39(38)46(41)43)40-29(4)25-28(3)26-30(40)5/h10-27H,6,8-9,44H2,1-5,7H3/q+1. The summed E-state index contributed by atoms with van der Waals surface area (Å²) in [6.07, 6.45) is 1.64. The molecule has 0 amide bonds. The van der Waals surface area contributed by atoms with Crippen LogP contribution in [0.4, 0.5) is 0 Å². The van der Waals surface area contributed by atoms with Gasteiger partial charge in [0.15, 0.2) is 16.6 Å². The van der Waals surface area contributed by atoms with Crippen LogP contribution in [0.5, 0.6) is 0 Å². The SMILES string of the molecule is C=C1c2ccc(-c3ccc(-c4ccccc4)cc3)cc2-c2n(-c3c(C)cc(C)cc3C)c3ccccc3[n+]2C1(CC)C(C)(N)CC. The molecule has 0 fully saturated rings. The molecule has 2 atom stereocenters. The van der Waals surface area contributed by atoms with E-state index in [1.807, 2.05) is 0 Å². The summed E-state index contributed by atoms with van der Waals surface area (Å²) in [5, 5.41) is 0.